The minimum Gasteiger partial charge on any atom is -0.379 e. The first-order chi connectivity index (χ1) is 15.4. The van der Waals surface area contributed by atoms with Gasteiger partial charge in [0.15, 0.2) is 5.11 Å². The molecule has 32 heavy (non-hydrogen) atoms. The van der Waals surface area contributed by atoms with E-state index in [1.165, 1.54) is 16.4 Å². The Morgan fingerprint density at radius 2 is 1.66 bits per heavy atom. The molecule has 1 heterocycles. The minimum atomic E-state index is -3.56. The second-order valence-electron chi connectivity index (χ2n) is 7.36. The molecule has 7 nitrogen and oxygen atoms in total. The van der Waals surface area contributed by atoms with E-state index in [0.29, 0.717) is 32.0 Å². The lowest BCUT2D eigenvalue weighted by molar-refractivity contribution is -0.119. The first kappa shape index (κ1) is 22.3. The van der Waals surface area contributed by atoms with E-state index in [1.807, 2.05) is 42.5 Å². The number of rotatable bonds is 5. The summed E-state index contributed by atoms with van der Waals surface area (Å²) in [6.07, 6.45) is 0.194. The second kappa shape index (κ2) is 9.74. The second-order valence-corrected chi connectivity index (χ2v) is 9.70. The SMILES string of the molecule is O=C(Cc1cccc2ccccc12)NC(=S)Nc1ccc(S(=O)(=O)N2CCOCC2)cc1. The highest BCUT2D eigenvalue weighted by atomic mass is 32.2. The van der Waals surface area contributed by atoms with Gasteiger partial charge in [-0.3, -0.25) is 4.79 Å². The quantitative estimate of drug-likeness (QED) is 0.559. The lowest BCUT2D eigenvalue weighted by atomic mass is 10.0. The molecule has 1 aliphatic rings. The molecular formula is C23H23N3O4S2. The fourth-order valence-corrected chi connectivity index (χ4v) is 5.24. The Labute approximate surface area is 192 Å². The van der Waals surface area contributed by atoms with Crippen molar-refractivity contribution in [2.75, 3.05) is 31.6 Å². The monoisotopic (exact) mass is 469 g/mol. The Balaban J connectivity index is 1.36. The lowest BCUT2D eigenvalue weighted by Gasteiger charge is -2.26. The first-order valence-corrected chi connectivity index (χ1v) is 12.0. The van der Waals surface area contributed by atoms with Gasteiger partial charge in [0, 0.05) is 18.8 Å². The molecule has 9 heteroatoms. The van der Waals surface area contributed by atoms with Crippen LogP contribution < -0.4 is 10.6 Å². The zero-order chi connectivity index (χ0) is 22.6. The number of anilines is 1. The molecule has 0 atom stereocenters. The zero-order valence-electron chi connectivity index (χ0n) is 17.3. The molecule has 0 bridgehead atoms. The molecule has 1 aliphatic heterocycles. The summed E-state index contributed by atoms with van der Waals surface area (Å²) in [5.74, 6) is -0.231. The standard InChI is InChI=1S/C23H23N3O4S2/c27-22(16-18-6-3-5-17-4-1-2-7-21(17)18)25-23(31)24-19-8-10-20(11-9-19)32(28,29)26-12-14-30-15-13-26/h1-11H,12-16H2,(H2,24,25,27,31). The van der Waals surface area contributed by atoms with Crippen LogP contribution in [0.2, 0.25) is 0 Å². The van der Waals surface area contributed by atoms with Gasteiger partial charge < -0.3 is 15.4 Å². The zero-order valence-corrected chi connectivity index (χ0v) is 18.9. The Morgan fingerprint density at radius 3 is 2.41 bits per heavy atom. The molecule has 1 fully saturated rings. The van der Waals surface area contributed by atoms with Crippen LogP contribution in [-0.2, 0) is 26.0 Å². The van der Waals surface area contributed by atoms with Crippen LogP contribution in [0.5, 0.6) is 0 Å². The summed E-state index contributed by atoms with van der Waals surface area (Å²) >= 11 is 5.25. The number of nitrogens with one attached hydrogen (secondary N) is 2. The van der Waals surface area contributed by atoms with E-state index in [0.717, 1.165) is 16.3 Å². The topological polar surface area (TPSA) is 87.7 Å². The van der Waals surface area contributed by atoms with Crippen molar-refractivity contribution in [3.63, 3.8) is 0 Å². The highest BCUT2D eigenvalue weighted by molar-refractivity contribution is 7.89. The number of amides is 1. The van der Waals surface area contributed by atoms with E-state index < -0.39 is 10.0 Å². The third-order valence-electron chi connectivity index (χ3n) is 5.20. The van der Waals surface area contributed by atoms with Gasteiger partial charge >= 0.3 is 0 Å². The molecule has 0 saturated carbocycles. The molecule has 0 radical (unpaired) electrons. The van der Waals surface area contributed by atoms with E-state index >= 15 is 0 Å². The van der Waals surface area contributed by atoms with E-state index in [4.69, 9.17) is 17.0 Å². The molecule has 0 unspecified atom stereocenters. The summed E-state index contributed by atoms with van der Waals surface area (Å²) in [5.41, 5.74) is 1.50. The van der Waals surface area contributed by atoms with Gasteiger partial charge in [0.1, 0.15) is 0 Å². The molecule has 3 aromatic rings. The van der Waals surface area contributed by atoms with Crippen LogP contribution in [0.1, 0.15) is 5.56 Å². The maximum Gasteiger partial charge on any atom is 0.243 e. The van der Waals surface area contributed by atoms with Gasteiger partial charge in [-0.15, -0.1) is 0 Å². The number of sulfonamides is 1. The fourth-order valence-electron chi connectivity index (χ4n) is 3.60. The summed E-state index contributed by atoms with van der Waals surface area (Å²) in [5, 5.41) is 7.86. The number of hydrogen-bond donors (Lipinski definition) is 2. The van der Waals surface area contributed by atoms with Gasteiger partial charge in [-0.05, 0) is 52.8 Å². The van der Waals surface area contributed by atoms with Gasteiger partial charge in [0.25, 0.3) is 0 Å². The van der Waals surface area contributed by atoms with Gasteiger partial charge in [-0.1, -0.05) is 42.5 Å². The fraction of sp³-hybridized carbons (Fsp3) is 0.217. The van der Waals surface area contributed by atoms with E-state index in [1.54, 1.807) is 12.1 Å². The molecule has 1 amide bonds. The predicted molar refractivity (Wildman–Crippen MR) is 128 cm³/mol. The molecule has 0 aromatic heterocycles. The number of thiocarbonyl (C=S) groups is 1. The Morgan fingerprint density at radius 1 is 0.969 bits per heavy atom. The maximum atomic E-state index is 12.7. The van der Waals surface area contributed by atoms with Gasteiger partial charge in [0.05, 0.1) is 24.5 Å². The Kier molecular flexibility index (Phi) is 6.80. The predicted octanol–water partition coefficient (Wildman–Crippen LogP) is 2.92. The van der Waals surface area contributed by atoms with E-state index in [-0.39, 0.29) is 22.3 Å². The average molecular weight is 470 g/mol. The molecule has 0 spiro atoms. The Bertz CT molecular complexity index is 1230. The van der Waals surface area contributed by atoms with Crippen molar-refractivity contribution >= 4 is 49.7 Å². The molecule has 4 rings (SSSR count). The Hall–Kier alpha value is -2.85. The highest BCUT2D eigenvalue weighted by Crippen LogP contribution is 2.20. The number of carbonyl (C=O) groups excluding carboxylic acids is 1. The van der Waals surface area contributed by atoms with E-state index in [9.17, 15) is 13.2 Å². The van der Waals surface area contributed by atoms with Crippen molar-refractivity contribution in [3.8, 4) is 0 Å². The van der Waals surface area contributed by atoms with Crippen LogP contribution in [0.25, 0.3) is 10.8 Å². The summed E-state index contributed by atoms with van der Waals surface area (Å²) in [6.45, 7) is 1.47. The van der Waals surface area contributed by atoms with Gasteiger partial charge in [0.2, 0.25) is 15.9 Å². The number of hydrogen-bond acceptors (Lipinski definition) is 5. The summed E-state index contributed by atoms with van der Waals surface area (Å²) in [7, 11) is -3.56. The molecule has 1 saturated heterocycles. The number of fused-ring (bicyclic) bond motifs is 1. The number of morpholine rings is 1. The van der Waals surface area contributed by atoms with Crippen LogP contribution in [0.4, 0.5) is 5.69 Å². The highest BCUT2D eigenvalue weighted by Gasteiger charge is 2.26. The van der Waals surface area contributed by atoms with Gasteiger partial charge in [-0.2, -0.15) is 4.31 Å². The normalized spacial score (nSPS) is 14.8. The number of carbonyl (C=O) groups is 1. The van der Waals surface area contributed by atoms with E-state index in [2.05, 4.69) is 10.6 Å². The number of nitrogens with zero attached hydrogens (tertiary/aromatic N) is 1. The maximum absolute atomic E-state index is 12.7. The summed E-state index contributed by atoms with van der Waals surface area (Å²) in [4.78, 5) is 12.7. The van der Waals surface area contributed by atoms with Gasteiger partial charge in [-0.25, -0.2) is 8.42 Å². The molecule has 3 aromatic carbocycles. The van der Waals surface area contributed by atoms with Crippen molar-refractivity contribution in [3.05, 3.63) is 72.3 Å². The molecule has 0 aliphatic carbocycles. The van der Waals surface area contributed by atoms with Crippen LogP contribution in [0, 0.1) is 0 Å². The average Bonchev–Trinajstić information content (AvgIpc) is 2.80. The van der Waals surface area contributed by atoms with Crippen molar-refractivity contribution < 1.29 is 17.9 Å². The third kappa shape index (κ3) is 5.13. The lowest BCUT2D eigenvalue weighted by Crippen LogP contribution is -2.40. The van der Waals surface area contributed by atoms with Crippen molar-refractivity contribution in [1.82, 2.24) is 9.62 Å². The summed E-state index contributed by atoms with van der Waals surface area (Å²) in [6, 6.07) is 20.0. The smallest absolute Gasteiger partial charge is 0.243 e. The van der Waals surface area contributed by atoms with Crippen LogP contribution in [0.3, 0.4) is 0 Å². The molecular weight excluding hydrogens is 446 g/mol. The number of ether oxygens (including phenoxy) is 1. The summed E-state index contributed by atoms with van der Waals surface area (Å²) < 4.78 is 32.0. The third-order valence-corrected chi connectivity index (χ3v) is 7.32. The van der Waals surface area contributed by atoms with Crippen molar-refractivity contribution in [2.24, 2.45) is 0 Å². The number of benzene rings is 3. The van der Waals surface area contributed by atoms with Crippen molar-refractivity contribution in [2.45, 2.75) is 11.3 Å². The molecule has 2 N–H and O–H groups in total. The largest absolute Gasteiger partial charge is 0.379 e. The minimum absolute atomic E-state index is 0.152. The van der Waals surface area contributed by atoms with Crippen LogP contribution in [-0.4, -0.2) is 50.0 Å². The molecule has 166 valence electrons. The first-order valence-electron chi connectivity index (χ1n) is 10.2. The van der Waals surface area contributed by atoms with Crippen LogP contribution >= 0.6 is 12.2 Å². The van der Waals surface area contributed by atoms with Crippen molar-refractivity contribution in [1.29, 1.82) is 0 Å². The van der Waals surface area contributed by atoms with Crippen LogP contribution in [0.15, 0.2) is 71.6 Å².